The molecule has 2 aromatic carbocycles. The smallest absolute Gasteiger partial charge is 0.403 e. The first-order valence-corrected chi connectivity index (χ1v) is 6.00. The molecule has 0 saturated carbocycles. The molecule has 0 spiro atoms. The number of benzene rings is 2. The largest absolute Gasteiger partial charge is 0.544 e. The Morgan fingerprint density at radius 2 is 1.81 bits per heavy atom. The summed E-state index contributed by atoms with van der Waals surface area (Å²) in [5.74, 6) is 4.92. The van der Waals surface area contributed by atoms with Crippen molar-refractivity contribution in [1.82, 2.24) is 0 Å². The van der Waals surface area contributed by atoms with Crippen LogP contribution in [0.2, 0.25) is 0 Å². The van der Waals surface area contributed by atoms with Gasteiger partial charge in [0.2, 0.25) is 0 Å². The molecule has 2 aromatic rings. The van der Waals surface area contributed by atoms with Crippen molar-refractivity contribution in [3.63, 3.8) is 0 Å². The van der Waals surface area contributed by atoms with Gasteiger partial charge >= 0.3 is 7.82 Å². The fraction of sp³-hybridized carbons (Fsp3) is 0. The molecular weight excluding hydrogens is 229 g/mol. The average Bonchev–Trinajstić information content (AvgIpc) is 2.29. The van der Waals surface area contributed by atoms with Crippen LogP contribution in [0.15, 0.2) is 42.5 Å². The van der Waals surface area contributed by atoms with Gasteiger partial charge in [-0.2, -0.15) is 4.62 Å². The van der Waals surface area contributed by atoms with E-state index in [2.05, 4.69) is 10.5 Å². The highest BCUT2D eigenvalue weighted by Crippen LogP contribution is 2.43. The van der Waals surface area contributed by atoms with Crippen LogP contribution in [0.5, 0.6) is 5.75 Å². The summed E-state index contributed by atoms with van der Waals surface area (Å²) in [4.78, 5) is 9.12. The van der Waals surface area contributed by atoms with Crippen LogP contribution in [0.3, 0.4) is 0 Å². The molecule has 2 rings (SSSR count). The van der Waals surface area contributed by atoms with E-state index in [1.54, 1.807) is 24.3 Å². The molecular formula is C10H10NO4P. The Bertz CT molecular complexity index is 552. The molecule has 1 atom stereocenters. The Balaban J connectivity index is 2.49. The highest BCUT2D eigenvalue weighted by molar-refractivity contribution is 7.47. The molecule has 16 heavy (non-hydrogen) atoms. The molecule has 0 saturated heterocycles. The monoisotopic (exact) mass is 239 g/mol. The van der Waals surface area contributed by atoms with E-state index in [0.29, 0.717) is 0 Å². The molecule has 0 aliphatic carbocycles. The van der Waals surface area contributed by atoms with Gasteiger partial charge in [-0.05, 0) is 11.5 Å². The predicted octanol–water partition coefficient (Wildman–Crippen LogP) is 2.21. The molecule has 0 bridgehead atoms. The van der Waals surface area contributed by atoms with Crippen LogP contribution in [0, 0.1) is 0 Å². The minimum atomic E-state index is -4.22. The van der Waals surface area contributed by atoms with Gasteiger partial charge in [-0.1, -0.05) is 36.4 Å². The van der Waals surface area contributed by atoms with Crippen molar-refractivity contribution in [2.24, 2.45) is 5.90 Å². The fourth-order valence-electron chi connectivity index (χ4n) is 1.42. The number of phosphoric acid groups is 1. The van der Waals surface area contributed by atoms with E-state index in [1.165, 1.54) is 0 Å². The Morgan fingerprint density at radius 1 is 1.12 bits per heavy atom. The molecule has 0 fully saturated rings. The number of fused-ring (bicyclic) bond motifs is 1. The lowest BCUT2D eigenvalue weighted by atomic mass is 10.1. The fourth-order valence-corrected chi connectivity index (χ4v) is 1.87. The predicted molar refractivity (Wildman–Crippen MR) is 59.7 cm³/mol. The summed E-state index contributed by atoms with van der Waals surface area (Å²) < 4.78 is 19.9. The van der Waals surface area contributed by atoms with Gasteiger partial charge in [-0.15, -0.1) is 0 Å². The summed E-state index contributed by atoms with van der Waals surface area (Å²) in [5.41, 5.74) is 0. The van der Waals surface area contributed by atoms with Gasteiger partial charge < -0.3 is 4.52 Å². The Hall–Kier alpha value is -1.39. The molecule has 0 amide bonds. The molecule has 0 radical (unpaired) electrons. The normalized spacial score (nSPS) is 14.6. The van der Waals surface area contributed by atoms with Crippen molar-refractivity contribution >= 4 is 18.6 Å². The average molecular weight is 239 g/mol. The maximum absolute atomic E-state index is 11.2. The third-order valence-corrected chi connectivity index (χ3v) is 2.79. The summed E-state index contributed by atoms with van der Waals surface area (Å²) in [5, 5.41) is 1.62. The van der Waals surface area contributed by atoms with Crippen molar-refractivity contribution in [3.05, 3.63) is 42.5 Å². The van der Waals surface area contributed by atoms with Gasteiger partial charge in [0.05, 0.1) is 0 Å². The maximum Gasteiger partial charge on any atom is 0.544 e. The summed E-state index contributed by atoms with van der Waals surface area (Å²) in [7, 11) is -4.22. The van der Waals surface area contributed by atoms with Crippen LogP contribution in [-0.2, 0) is 9.19 Å². The third-order valence-electron chi connectivity index (χ3n) is 2.10. The molecule has 0 aliphatic rings. The molecule has 0 aromatic heterocycles. The first kappa shape index (κ1) is 11.1. The number of hydrogen-bond acceptors (Lipinski definition) is 4. The van der Waals surface area contributed by atoms with E-state index in [4.69, 9.17) is 9.42 Å². The van der Waals surface area contributed by atoms with E-state index in [1.807, 2.05) is 18.2 Å². The highest BCUT2D eigenvalue weighted by Gasteiger charge is 2.22. The second-order valence-electron chi connectivity index (χ2n) is 3.14. The van der Waals surface area contributed by atoms with Gasteiger partial charge in [-0.3, -0.25) is 4.89 Å². The Kier molecular flexibility index (Phi) is 2.94. The second kappa shape index (κ2) is 4.23. The zero-order valence-electron chi connectivity index (χ0n) is 8.24. The van der Waals surface area contributed by atoms with Crippen LogP contribution in [0.1, 0.15) is 0 Å². The van der Waals surface area contributed by atoms with E-state index in [0.717, 1.165) is 10.8 Å². The standard InChI is InChI=1S/C10H10NO4P/c11-15-16(12,13)14-10-7-3-5-8-4-1-2-6-9(8)10/h1-7H,11H2,(H,12,13). The van der Waals surface area contributed by atoms with Gasteiger partial charge in [-0.25, -0.2) is 10.5 Å². The van der Waals surface area contributed by atoms with Crippen molar-refractivity contribution in [3.8, 4) is 5.75 Å². The molecule has 0 aliphatic heterocycles. The number of phosphoric ester groups is 1. The lowest BCUT2D eigenvalue weighted by molar-refractivity contribution is 0.208. The van der Waals surface area contributed by atoms with Crippen LogP contribution in [0.25, 0.3) is 10.8 Å². The summed E-state index contributed by atoms with van der Waals surface area (Å²) in [6.07, 6.45) is 0. The molecule has 6 heteroatoms. The number of rotatable bonds is 3. The van der Waals surface area contributed by atoms with Crippen molar-refractivity contribution < 1.29 is 18.6 Å². The zero-order valence-corrected chi connectivity index (χ0v) is 9.13. The van der Waals surface area contributed by atoms with E-state index in [-0.39, 0.29) is 5.75 Å². The molecule has 0 heterocycles. The van der Waals surface area contributed by atoms with Gasteiger partial charge in [0.1, 0.15) is 5.75 Å². The second-order valence-corrected chi connectivity index (χ2v) is 4.47. The van der Waals surface area contributed by atoms with Crippen LogP contribution >= 0.6 is 7.82 Å². The quantitative estimate of drug-likeness (QED) is 0.633. The van der Waals surface area contributed by atoms with Gasteiger partial charge in [0.15, 0.2) is 0 Å². The van der Waals surface area contributed by atoms with E-state index < -0.39 is 7.82 Å². The molecule has 3 N–H and O–H groups in total. The molecule has 1 unspecified atom stereocenters. The molecule has 5 nitrogen and oxygen atoms in total. The number of nitrogens with two attached hydrogens (primary N) is 1. The lowest BCUT2D eigenvalue weighted by Gasteiger charge is -2.11. The topological polar surface area (TPSA) is 81.8 Å². The van der Waals surface area contributed by atoms with Crippen molar-refractivity contribution in [1.29, 1.82) is 0 Å². The van der Waals surface area contributed by atoms with Crippen LogP contribution in [0.4, 0.5) is 0 Å². The highest BCUT2D eigenvalue weighted by atomic mass is 31.2. The Morgan fingerprint density at radius 3 is 2.56 bits per heavy atom. The van der Waals surface area contributed by atoms with Crippen molar-refractivity contribution in [2.45, 2.75) is 0 Å². The SMILES string of the molecule is NOP(=O)(O)Oc1cccc2ccccc12. The van der Waals surface area contributed by atoms with Gasteiger partial charge in [0.25, 0.3) is 0 Å². The van der Waals surface area contributed by atoms with E-state index >= 15 is 0 Å². The van der Waals surface area contributed by atoms with Crippen LogP contribution < -0.4 is 10.4 Å². The summed E-state index contributed by atoms with van der Waals surface area (Å²) >= 11 is 0. The minimum Gasteiger partial charge on any atom is -0.403 e. The number of hydrogen-bond donors (Lipinski definition) is 2. The first-order chi connectivity index (χ1) is 7.62. The molecule has 84 valence electrons. The lowest BCUT2D eigenvalue weighted by Crippen LogP contribution is -2.02. The summed E-state index contributed by atoms with van der Waals surface area (Å²) in [6.45, 7) is 0. The zero-order chi connectivity index (χ0) is 11.6. The van der Waals surface area contributed by atoms with Gasteiger partial charge in [0, 0.05) is 5.39 Å². The maximum atomic E-state index is 11.2. The van der Waals surface area contributed by atoms with Crippen LogP contribution in [-0.4, -0.2) is 4.89 Å². The summed E-state index contributed by atoms with van der Waals surface area (Å²) in [6, 6.07) is 12.5. The first-order valence-electron chi connectivity index (χ1n) is 4.51. The third kappa shape index (κ3) is 2.23. The van der Waals surface area contributed by atoms with Crippen molar-refractivity contribution in [2.75, 3.05) is 0 Å². The minimum absolute atomic E-state index is 0.259. The Labute approximate surface area is 92.0 Å². The van der Waals surface area contributed by atoms with E-state index in [9.17, 15) is 4.57 Å².